The van der Waals surface area contributed by atoms with E-state index in [0.29, 0.717) is 24.5 Å². The highest BCUT2D eigenvalue weighted by atomic mass is 32.2. The molecule has 130 valence electrons. The van der Waals surface area contributed by atoms with Crippen molar-refractivity contribution in [2.45, 2.75) is 19.2 Å². The molecule has 0 radical (unpaired) electrons. The van der Waals surface area contributed by atoms with E-state index in [9.17, 15) is 4.79 Å². The molecule has 0 atom stereocenters. The number of carbonyl (C=O) groups excluding carboxylic acids is 1. The van der Waals surface area contributed by atoms with Gasteiger partial charge in [-0.2, -0.15) is 5.26 Å². The van der Waals surface area contributed by atoms with Gasteiger partial charge in [0.1, 0.15) is 5.75 Å². The van der Waals surface area contributed by atoms with Crippen molar-refractivity contribution in [3.8, 4) is 11.8 Å². The zero-order chi connectivity index (χ0) is 18.1. The maximum absolute atomic E-state index is 12.3. The van der Waals surface area contributed by atoms with Crippen molar-refractivity contribution in [3.05, 3.63) is 65.2 Å². The molecule has 0 aliphatic carbocycles. The van der Waals surface area contributed by atoms with Gasteiger partial charge in [-0.15, -0.1) is 11.8 Å². The molecular weight excluding hydrogens is 332 g/mol. The molecule has 0 heterocycles. The molecule has 0 saturated carbocycles. The second-order valence-electron chi connectivity index (χ2n) is 5.59. The quantitative estimate of drug-likeness (QED) is 0.722. The van der Waals surface area contributed by atoms with Crippen molar-refractivity contribution in [1.29, 1.82) is 5.26 Å². The van der Waals surface area contributed by atoms with Crippen molar-refractivity contribution in [2.24, 2.45) is 0 Å². The molecule has 0 aliphatic rings. The number of nitrogens with zero attached hydrogens (tertiary/aromatic N) is 2. The van der Waals surface area contributed by atoms with E-state index in [2.05, 4.69) is 6.07 Å². The van der Waals surface area contributed by atoms with Crippen LogP contribution in [0.3, 0.4) is 0 Å². The Morgan fingerprint density at radius 2 is 1.92 bits per heavy atom. The van der Waals surface area contributed by atoms with Crippen LogP contribution in [0, 0.1) is 11.3 Å². The van der Waals surface area contributed by atoms with Crippen LogP contribution >= 0.6 is 11.8 Å². The number of carbonyl (C=O) groups is 1. The fourth-order valence-corrected chi connectivity index (χ4v) is 3.24. The smallest absolute Gasteiger partial charge is 0.232 e. The van der Waals surface area contributed by atoms with E-state index in [4.69, 9.17) is 10.00 Å². The molecule has 0 bridgehead atoms. The van der Waals surface area contributed by atoms with Gasteiger partial charge in [-0.05, 0) is 30.7 Å². The number of hydrogen-bond acceptors (Lipinski definition) is 4. The largest absolute Gasteiger partial charge is 0.494 e. The van der Waals surface area contributed by atoms with Crippen LogP contribution in [0.25, 0.3) is 0 Å². The molecule has 5 heteroatoms. The molecule has 0 unspecified atom stereocenters. The predicted octanol–water partition coefficient (Wildman–Crippen LogP) is 3.85. The van der Waals surface area contributed by atoms with Crippen molar-refractivity contribution in [3.63, 3.8) is 0 Å². The van der Waals surface area contributed by atoms with Crippen LogP contribution in [0.1, 0.15) is 23.6 Å². The van der Waals surface area contributed by atoms with Crippen LogP contribution in [-0.2, 0) is 17.1 Å². The SMILES string of the molecule is CCOc1ccccc1CN(C)C(=O)CSCc1ccc(C#N)cc1. The van der Waals surface area contributed by atoms with Gasteiger partial charge >= 0.3 is 0 Å². The number of nitriles is 1. The molecule has 0 aromatic heterocycles. The minimum Gasteiger partial charge on any atom is -0.494 e. The summed E-state index contributed by atoms with van der Waals surface area (Å²) in [6.45, 7) is 3.09. The lowest BCUT2D eigenvalue weighted by molar-refractivity contribution is -0.127. The van der Waals surface area contributed by atoms with Gasteiger partial charge in [0.25, 0.3) is 0 Å². The third kappa shape index (κ3) is 5.84. The molecule has 2 rings (SSSR count). The Kier molecular flexibility index (Phi) is 7.36. The molecular formula is C20H22N2O2S. The van der Waals surface area contributed by atoms with Gasteiger partial charge in [0.05, 0.1) is 24.0 Å². The number of amides is 1. The lowest BCUT2D eigenvalue weighted by atomic mass is 10.2. The highest BCUT2D eigenvalue weighted by Crippen LogP contribution is 2.20. The van der Waals surface area contributed by atoms with Crippen molar-refractivity contribution < 1.29 is 9.53 Å². The summed E-state index contributed by atoms with van der Waals surface area (Å²) in [5.74, 6) is 2.09. The van der Waals surface area contributed by atoms with Crippen LogP contribution < -0.4 is 4.74 Å². The van der Waals surface area contributed by atoms with Crippen LogP contribution in [0.15, 0.2) is 48.5 Å². The predicted molar refractivity (Wildman–Crippen MR) is 101 cm³/mol. The number of thioether (sulfide) groups is 1. The number of hydrogen-bond donors (Lipinski definition) is 0. The zero-order valence-electron chi connectivity index (χ0n) is 14.6. The van der Waals surface area contributed by atoms with Gasteiger partial charge in [-0.25, -0.2) is 0 Å². The maximum atomic E-state index is 12.3. The summed E-state index contributed by atoms with van der Waals surface area (Å²) in [5.41, 5.74) is 2.77. The molecule has 0 saturated heterocycles. The van der Waals surface area contributed by atoms with Gasteiger partial charge in [0.2, 0.25) is 5.91 Å². The van der Waals surface area contributed by atoms with Crippen molar-refractivity contribution >= 4 is 17.7 Å². The first-order valence-electron chi connectivity index (χ1n) is 8.15. The molecule has 0 fully saturated rings. The highest BCUT2D eigenvalue weighted by molar-refractivity contribution is 7.99. The molecule has 1 amide bonds. The van der Waals surface area contributed by atoms with Gasteiger partial charge in [-0.1, -0.05) is 30.3 Å². The van der Waals surface area contributed by atoms with E-state index in [1.165, 1.54) is 0 Å². The maximum Gasteiger partial charge on any atom is 0.232 e. The molecule has 25 heavy (non-hydrogen) atoms. The van der Waals surface area contributed by atoms with Crippen LogP contribution in [-0.4, -0.2) is 30.2 Å². The Bertz CT molecular complexity index is 738. The van der Waals surface area contributed by atoms with E-state index in [0.717, 1.165) is 22.6 Å². The normalized spacial score (nSPS) is 10.1. The first kappa shape index (κ1) is 18.9. The van der Waals surface area contributed by atoms with Crippen LogP contribution in [0.4, 0.5) is 0 Å². The molecule has 2 aromatic rings. The topological polar surface area (TPSA) is 53.3 Å². The van der Waals surface area contributed by atoms with Crippen LogP contribution in [0.2, 0.25) is 0 Å². The Labute approximate surface area is 153 Å². The van der Waals surface area contributed by atoms with E-state index in [-0.39, 0.29) is 5.91 Å². The summed E-state index contributed by atoms with van der Waals surface area (Å²) in [6, 6.07) is 17.4. The fraction of sp³-hybridized carbons (Fsp3) is 0.300. The average Bonchev–Trinajstić information content (AvgIpc) is 2.64. The standard InChI is InChI=1S/C20H22N2O2S/c1-3-24-19-7-5-4-6-18(19)13-22(2)20(23)15-25-14-17-10-8-16(12-21)9-11-17/h4-11H,3,13-15H2,1-2H3. The monoisotopic (exact) mass is 354 g/mol. The van der Waals surface area contributed by atoms with E-state index >= 15 is 0 Å². The average molecular weight is 354 g/mol. The van der Waals surface area contributed by atoms with Gasteiger partial charge in [0, 0.05) is 24.9 Å². The third-order valence-electron chi connectivity index (χ3n) is 3.68. The first-order valence-corrected chi connectivity index (χ1v) is 9.31. The van der Waals surface area contributed by atoms with E-state index in [1.807, 2.05) is 50.4 Å². The molecule has 0 N–H and O–H groups in total. The van der Waals surface area contributed by atoms with Crippen LogP contribution in [0.5, 0.6) is 5.75 Å². The Morgan fingerprint density at radius 1 is 1.20 bits per heavy atom. The summed E-state index contributed by atoms with van der Waals surface area (Å²) < 4.78 is 5.61. The highest BCUT2D eigenvalue weighted by Gasteiger charge is 2.12. The zero-order valence-corrected chi connectivity index (χ0v) is 15.4. The van der Waals surface area contributed by atoms with Crippen molar-refractivity contribution in [2.75, 3.05) is 19.4 Å². The number of ether oxygens (including phenoxy) is 1. The Hall–Kier alpha value is -2.45. The van der Waals surface area contributed by atoms with E-state index in [1.54, 1.807) is 28.8 Å². The lowest BCUT2D eigenvalue weighted by Crippen LogP contribution is -2.28. The number of benzene rings is 2. The molecule has 4 nitrogen and oxygen atoms in total. The fourth-order valence-electron chi connectivity index (χ4n) is 2.32. The Morgan fingerprint density at radius 3 is 2.60 bits per heavy atom. The van der Waals surface area contributed by atoms with Crippen molar-refractivity contribution in [1.82, 2.24) is 4.90 Å². The minimum atomic E-state index is 0.0879. The summed E-state index contributed by atoms with van der Waals surface area (Å²) >= 11 is 1.58. The van der Waals surface area contributed by atoms with E-state index < -0.39 is 0 Å². The van der Waals surface area contributed by atoms with Gasteiger partial charge in [-0.3, -0.25) is 4.79 Å². The second kappa shape index (κ2) is 9.75. The third-order valence-corrected chi connectivity index (χ3v) is 4.67. The molecule has 0 spiro atoms. The summed E-state index contributed by atoms with van der Waals surface area (Å²) in [6.07, 6.45) is 0. The molecule has 2 aromatic carbocycles. The number of para-hydroxylation sites is 1. The Balaban J connectivity index is 1.83. The number of rotatable bonds is 8. The minimum absolute atomic E-state index is 0.0879. The first-order chi connectivity index (χ1) is 12.1. The van der Waals surface area contributed by atoms with Gasteiger partial charge in [0.15, 0.2) is 0 Å². The van der Waals surface area contributed by atoms with Gasteiger partial charge < -0.3 is 9.64 Å². The molecule has 0 aliphatic heterocycles. The summed E-state index contributed by atoms with van der Waals surface area (Å²) in [7, 11) is 1.81. The lowest BCUT2D eigenvalue weighted by Gasteiger charge is -2.19. The summed E-state index contributed by atoms with van der Waals surface area (Å²) in [5, 5.41) is 8.80. The summed E-state index contributed by atoms with van der Waals surface area (Å²) in [4.78, 5) is 14.1. The second-order valence-corrected chi connectivity index (χ2v) is 6.58.